The van der Waals surface area contributed by atoms with Crippen molar-refractivity contribution in [1.29, 1.82) is 0 Å². The second kappa shape index (κ2) is 4.68. The third kappa shape index (κ3) is 2.20. The molecule has 3 aromatic heterocycles. The number of aromatic nitrogens is 7. The van der Waals surface area contributed by atoms with E-state index in [1.165, 1.54) is 10.8 Å². The van der Waals surface area contributed by atoms with Crippen molar-refractivity contribution >= 4 is 11.7 Å². The number of carbonyl (C=O) groups excluding carboxylic acids is 1. The summed E-state index contributed by atoms with van der Waals surface area (Å²) < 4.78 is 1.54. The van der Waals surface area contributed by atoms with E-state index in [0.29, 0.717) is 11.6 Å². The number of nitrogens with zero attached hydrogens (tertiary/aromatic N) is 6. The smallest absolute Gasteiger partial charge is 0.291 e. The highest BCUT2D eigenvalue weighted by atomic mass is 16.2. The maximum absolute atomic E-state index is 12.0. The number of hydrogen-bond acceptors (Lipinski definition) is 6. The van der Waals surface area contributed by atoms with E-state index in [2.05, 4.69) is 35.6 Å². The number of fused-ring (bicyclic) bond motifs is 1. The van der Waals surface area contributed by atoms with E-state index in [0.717, 1.165) is 11.4 Å². The van der Waals surface area contributed by atoms with Gasteiger partial charge in [-0.3, -0.25) is 9.89 Å². The molecule has 2 N–H and O–H groups in total. The van der Waals surface area contributed by atoms with Crippen LogP contribution in [0.25, 0.3) is 5.78 Å². The predicted octanol–water partition coefficient (Wildman–Crippen LogP) is -0.211. The number of nitrogens with one attached hydrogen (secondary N) is 2. The fourth-order valence-corrected chi connectivity index (χ4v) is 1.82. The molecule has 0 radical (unpaired) electrons. The van der Waals surface area contributed by atoms with Gasteiger partial charge in [-0.15, -0.1) is 5.10 Å². The van der Waals surface area contributed by atoms with Crippen molar-refractivity contribution in [2.75, 3.05) is 0 Å². The van der Waals surface area contributed by atoms with Gasteiger partial charge in [0.05, 0.1) is 6.54 Å². The van der Waals surface area contributed by atoms with Gasteiger partial charge in [-0.2, -0.15) is 10.1 Å². The maximum Gasteiger partial charge on any atom is 0.291 e. The average Bonchev–Trinajstić information content (AvgIpc) is 3.04. The molecule has 102 valence electrons. The highest BCUT2D eigenvalue weighted by Crippen LogP contribution is 2.05. The number of rotatable bonds is 3. The molecule has 20 heavy (non-hydrogen) atoms. The topological polar surface area (TPSA) is 114 Å². The van der Waals surface area contributed by atoms with Gasteiger partial charge in [-0.1, -0.05) is 0 Å². The summed E-state index contributed by atoms with van der Waals surface area (Å²) in [6, 6.07) is 1.87. The Balaban J connectivity index is 1.83. The third-order valence-corrected chi connectivity index (χ3v) is 2.70. The van der Waals surface area contributed by atoms with Crippen molar-refractivity contribution in [2.45, 2.75) is 20.4 Å². The second-order valence-corrected chi connectivity index (χ2v) is 4.30. The molecule has 9 nitrogen and oxygen atoms in total. The van der Waals surface area contributed by atoms with Gasteiger partial charge < -0.3 is 5.32 Å². The van der Waals surface area contributed by atoms with Gasteiger partial charge in [0.2, 0.25) is 5.82 Å². The Labute approximate surface area is 113 Å². The third-order valence-electron chi connectivity index (χ3n) is 2.70. The Kier molecular flexibility index (Phi) is 2.86. The summed E-state index contributed by atoms with van der Waals surface area (Å²) in [4.78, 5) is 24.2. The predicted molar refractivity (Wildman–Crippen MR) is 67.8 cm³/mol. The zero-order chi connectivity index (χ0) is 14.1. The van der Waals surface area contributed by atoms with Crippen LogP contribution in [0.3, 0.4) is 0 Å². The molecule has 9 heteroatoms. The molecule has 0 spiro atoms. The van der Waals surface area contributed by atoms with Gasteiger partial charge in [0.15, 0.2) is 0 Å². The lowest BCUT2D eigenvalue weighted by Crippen LogP contribution is -2.24. The first kappa shape index (κ1) is 12.2. The first-order chi connectivity index (χ1) is 9.63. The Morgan fingerprint density at radius 1 is 1.40 bits per heavy atom. The summed E-state index contributed by atoms with van der Waals surface area (Å²) in [6.45, 7) is 3.98. The minimum Gasteiger partial charge on any atom is -0.342 e. The lowest BCUT2D eigenvalue weighted by Gasteiger charge is -1.98. The van der Waals surface area contributed by atoms with Gasteiger partial charge in [0.25, 0.3) is 11.7 Å². The summed E-state index contributed by atoms with van der Waals surface area (Å²) in [7, 11) is 0. The molecule has 0 saturated carbocycles. The molecule has 3 rings (SSSR count). The summed E-state index contributed by atoms with van der Waals surface area (Å²) in [6.07, 6.45) is 1.38. The van der Waals surface area contributed by atoms with Crippen molar-refractivity contribution in [3.8, 4) is 0 Å². The average molecular weight is 272 g/mol. The Bertz CT molecular complexity index is 760. The summed E-state index contributed by atoms with van der Waals surface area (Å²) in [5.41, 5.74) is 1.70. The number of hydrogen-bond donors (Lipinski definition) is 2. The minimum atomic E-state index is -0.385. The van der Waals surface area contributed by atoms with Crippen molar-refractivity contribution in [2.24, 2.45) is 0 Å². The van der Waals surface area contributed by atoms with E-state index in [4.69, 9.17) is 0 Å². The first-order valence-corrected chi connectivity index (χ1v) is 5.97. The Morgan fingerprint density at radius 2 is 2.25 bits per heavy atom. The van der Waals surface area contributed by atoms with Crippen molar-refractivity contribution in [3.05, 3.63) is 35.4 Å². The molecule has 0 aromatic carbocycles. The quantitative estimate of drug-likeness (QED) is 0.682. The van der Waals surface area contributed by atoms with Gasteiger partial charge in [-0.25, -0.2) is 14.5 Å². The molecular formula is C11H12N8O. The van der Waals surface area contributed by atoms with Crippen molar-refractivity contribution in [3.63, 3.8) is 0 Å². The van der Waals surface area contributed by atoms with Crippen LogP contribution in [0.15, 0.2) is 12.4 Å². The zero-order valence-corrected chi connectivity index (χ0v) is 11.0. The number of carbonyl (C=O) groups is 1. The molecule has 3 heterocycles. The lowest BCUT2D eigenvalue weighted by atomic mass is 10.4. The molecule has 3 aromatic rings. The van der Waals surface area contributed by atoms with E-state index >= 15 is 0 Å². The normalized spacial score (nSPS) is 10.9. The van der Waals surface area contributed by atoms with Crippen LogP contribution in [0.5, 0.6) is 0 Å². The van der Waals surface area contributed by atoms with Crippen LogP contribution in [0.1, 0.15) is 27.8 Å². The maximum atomic E-state index is 12.0. The lowest BCUT2D eigenvalue weighted by molar-refractivity contribution is 0.0939. The molecule has 0 unspecified atom stereocenters. The minimum absolute atomic E-state index is 0.0747. The molecule has 0 atom stereocenters. The van der Waals surface area contributed by atoms with E-state index in [-0.39, 0.29) is 18.3 Å². The van der Waals surface area contributed by atoms with Crippen molar-refractivity contribution in [1.82, 2.24) is 40.1 Å². The van der Waals surface area contributed by atoms with Crippen molar-refractivity contribution < 1.29 is 4.79 Å². The summed E-state index contributed by atoms with van der Waals surface area (Å²) in [5, 5.41) is 13.1. The van der Waals surface area contributed by atoms with Gasteiger partial charge in [0.1, 0.15) is 12.2 Å². The molecule has 0 aliphatic carbocycles. The van der Waals surface area contributed by atoms with Crippen LogP contribution < -0.4 is 5.32 Å². The molecule has 0 aliphatic rings. The van der Waals surface area contributed by atoms with E-state index in [9.17, 15) is 4.79 Å². The van der Waals surface area contributed by atoms with Crippen LogP contribution in [0, 0.1) is 13.8 Å². The van der Waals surface area contributed by atoms with Crippen LogP contribution in [0.4, 0.5) is 0 Å². The summed E-state index contributed by atoms with van der Waals surface area (Å²) >= 11 is 0. The largest absolute Gasteiger partial charge is 0.342 e. The summed E-state index contributed by atoms with van der Waals surface area (Å²) in [5.74, 6) is 0.661. The fraction of sp³-hybridized carbons (Fsp3) is 0.273. The van der Waals surface area contributed by atoms with Crippen LogP contribution in [-0.2, 0) is 6.54 Å². The number of aromatic amines is 1. The van der Waals surface area contributed by atoms with Gasteiger partial charge in [-0.05, 0) is 19.9 Å². The zero-order valence-electron chi connectivity index (χ0n) is 11.0. The number of H-pyrrole nitrogens is 1. The Hall–Kier alpha value is -2.84. The number of amides is 1. The highest BCUT2D eigenvalue weighted by Gasteiger charge is 2.14. The van der Waals surface area contributed by atoms with E-state index in [1.54, 1.807) is 0 Å². The van der Waals surface area contributed by atoms with Crippen LogP contribution in [0.2, 0.25) is 0 Å². The fourth-order valence-electron chi connectivity index (χ4n) is 1.82. The Morgan fingerprint density at radius 3 is 3.00 bits per heavy atom. The number of aryl methyl sites for hydroxylation is 2. The first-order valence-electron chi connectivity index (χ1n) is 5.97. The molecular weight excluding hydrogens is 260 g/mol. The van der Waals surface area contributed by atoms with Gasteiger partial charge >= 0.3 is 0 Å². The standard InChI is InChI=1S/C11H12N8O/c1-6-3-7(2)19-11(15-6)16-9(18-19)10(20)12-4-8-13-5-14-17-8/h3,5H,4H2,1-2H3,(H,12,20)(H,13,14,17). The SMILES string of the molecule is Cc1cc(C)n2nc(C(=O)NCc3ncn[nH]3)nc2n1. The second-order valence-electron chi connectivity index (χ2n) is 4.30. The molecule has 0 fully saturated rings. The van der Waals surface area contributed by atoms with Crippen LogP contribution in [-0.4, -0.2) is 40.7 Å². The monoisotopic (exact) mass is 272 g/mol. The molecule has 1 amide bonds. The molecule has 0 saturated heterocycles. The molecule has 0 bridgehead atoms. The van der Waals surface area contributed by atoms with E-state index in [1.807, 2.05) is 19.9 Å². The van der Waals surface area contributed by atoms with Crippen LogP contribution >= 0.6 is 0 Å². The van der Waals surface area contributed by atoms with E-state index < -0.39 is 0 Å². The highest BCUT2D eigenvalue weighted by molar-refractivity contribution is 5.90. The molecule has 0 aliphatic heterocycles. The van der Waals surface area contributed by atoms with Gasteiger partial charge in [0, 0.05) is 11.4 Å².